The van der Waals surface area contributed by atoms with E-state index in [1.54, 1.807) is 0 Å². The molecule has 0 N–H and O–H groups in total. The number of rotatable bonds is 2. The minimum Gasteiger partial charge on any atom is -0.399 e. The van der Waals surface area contributed by atoms with Gasteiger partial charge in [-0.2, -0.15) is 0 Å². The van der Waals surface area contributed by atoms with Gasteiger partial charge in [-0.3, -0.25) is 0 Å². The summed E-state index contributed by atoms with van der Waals surface area (Å²) in [7, 11) is -0.332. The molecule has 1 aromatic carbocycles. The molecule has 3 aliphatic rings. The second kappa shape index (κ2) is 5.49. The smallest absolute Gasteiger partial charge is 0.399 e. The SMILES string of the molecule is Cc1cc(C2CC3CCC2C3)c(Cl)cc1B1OC(C)(C)C(C)(C)O1. The number of fused-ring (bicyclic) bond motifs is 2. The zero-order valence-electron chi connectivity index (χ0n) is 15.5. The highest BCUT2D eigenvalue weighted by molar-refractivity contribution is 6.63. The summed E-state index contributed by atoms with van der Waals surface area (Å²) in [5.41, 5.74) is 3.02. The van der Waals surface area contributed by atoms with Crippen LogP contribution in [0.3, 0.4) is 0 Å². The molecule has 3 atom stereocenters. The average molecular weight is 347 g/mol. The van der Waals surface area contributed by atoms with Crippen LogP contribution >= 0.6 is 11.6 Å². The van der Waals surface area contributed by atoms with E-state index in [1.165, 1.54) is 36.8 Å². The van der Waals surface area contributed by atoms with Gasteiger partial charge in [0.1, 0.15) is 0 Å². The van der Waals surface area contributed by atoms with E-state index in [1.807, 2.05) is 0 Å². The van der Waals surface area contributed by atoms with Crippen molar-refractivity contribution in [2.45, 2.75) is 77.4 Å². The third kappa shape index (κ3) is 2.55. The van der Waals surface area contributed by atoms with E-state index in [0.29, 0.717) is 5.92 Å². The number of hydrogen-bond acceptors (Lipinski definition) is 2. The Morgan fingerprint density at radius 1 is 1.04 bits per heavy atom. The second-order valence-electron chi connectivity index (χ2n) is 9.10. The summed E-state index contributed by atoms with van der Waals surface area (Å²) < 4.78 is 12.4. The van der Waals surface area contributed by atoms with Crippen molar-refractivity contribution in [3.63, 3.8) is 0 Å². The van der Waals surface area contributed by atoms with E-state index in [9.17, 15) is 0 Å². The van der Waals surface area contributed by atoms with Gasteiger partial charge in [0.05, 0.1) is 11.2 Å². The Labute approximate surface area is 151 Å². The first-order valence-electron chi connectivity index (χ1n) is 9.33. The summed E-state index contributed by atoms with van der Waals surface area (Å²) in [5.74, 6) is 2.43. The van der Waals surface area contributed by atoms with Gasteiger partial charge in [0, 0.05) is 5.02 Å². The standard InChI is InChI=1S/C20H28BClO2/c1-12-8-16(15-10-13-6-7-14(15)9-13)18(22)11-17(12)21-23-19(2,3)20(4,5)24-21/h8,11,13-15H,6-7,9-10H2,1-5H3. The molecule has 0 amide bonds. The number of aryl methyl sites for hydroxylation is 1. The van der Waals surface area contributed by atoms with Crippen molar-refractivity contribution in [1.82, 2.24) is 0 Å². The summed E-state index contributed by atoms with van der Waals surface area (Å²) in [6.07, 6.45) is 5.52. The molecule has 0 spiro atoms. The van der Waals surface area contributed by atoms with Crippen molar-refractivity contribution in [3.8, 4) is 0 Å². The molecular weight excluding hydrogens is 318 g/mol. The van der Waals surface area contributed by atoms with Gasteiger partial charge in [0.25, 0.3) is 0 Å². The topological polar surface area (TPSA) is 18.5 Å². The Hall–Kier alpha value is -0.505. The zero-order valence-corrected chi connectivity index (χ0v) is 16.2. The predicted octanol–water partition coefficient (Wildman–Crippen LogP) is 4.85. The van der Waals surface area contributed by atoms with E-state index < -0.39 is 0 Å². The predicted molar refractivity (Wildman–Crippen MR) is 100 cm³/mol. The molecule has 2 nitrogen and oxygen atoms in total. The van der Waals surface area contributed by atoms with Crippen LogP contribution in [0.4, 0.5) is 0 Å². The monoisotopic (exact) mass is 346 g/mol. The fourth-order valence-corrected chi connectivity index (χ4v) is 5.17. The summed E-state index contributed by atoms with van der Waals surface area (Å²) in [6.45, 7) is 10.5. The molecule has 1 saturated heterocycles. The molecule has 4 heteroatoms. The highest BCUT2D eigenvalue weighted by Gasteiger charge is 2.52. The lowest BCUT2D eigenvalue weighted by Crippen LogP contribution is -2.41. The van der Waals surface area contributed by atoms with Crippen molar-refractivity contribution >= 4 is 24.2 Å². The van der Waals surface area contributed by atoms with Crippen molar-refractivity contribution < 1.29 is 9.31 Å². The minimum absolute atomic E-state index is 0.320. The molecule has 2 saturated carbocycles. The van der Waals surface area contributed by atoms with Gasteiger partial charge in [-0.1, -0.05) is 29.7 Å². The first-order valence-corrected chi connectivity index (χ1v) is 9.71. The summed E-state index contributed by atoms with van der Waals surface area (Å²) in [4.78, 5) is 0. The molecule has 3 unspecified atom stereocenters. The van der Waals surface area contributed by atoms with Gasteiger partial charge < -0.3 is 9.31 Å². The van der Waals surface area contributed by atoms with Crippen LogP contribution in [-0.4, -0.2) is 18.3 Å². The highest BCUT2D eigenvalue weighted by atomic mass is 35.5. The van der Waals surface area contributed by atoms with Gasteiger partial charge in [-0.25, -0.2) is 0 Å². The molecule has 0 radical (unpaired) electrons. The molecule has 1 aromatic rings. The lowest BCUT2D eigenvalue weighted by Gasteiger charge is -2.32. The van der Waals surface area contributed by atoms with Crippen molar-refractivity contribution in [1.29, 1.82) is 0 Å². The molecule has 130 valence electrons. The molecule has 2 bridgehead atoms. The van der Waals surface area contributed by atoms with Gasteiger partial charge in [-0.15, -0.1) is 0 Å². The molecule has 3 fully saturated rings. The van der Waals surface area contributed by atoms with E-state index in [2.05, 4.69) is 46.8 Å². The van der Waals surface area contributed by atoms with Gasteiger partial charge in [0.15, 0.2) is 0 Å². The first kappa shape index (κ1) is 16.9. The van der Waals surface area contributed by atoms with Crippen molar-refractivity contribution in [2.24, 2.45) is 11.8 Å². The number of hydrogen-bond donors (Lipinski definition) is 0. The van der Waals surface area contributed by atoms with Crippen LogP contribution in [-0.2, 0) is 9.31 Å². The van der Waals surface area contributed by atoms with Gasteiger partial charge in [-0.05, 0) is 88.7 Å². The minimum atomic E-state index is -0.332. The third-order valence-electron chi connectivity index (χ3n) is 7.03. The summed E-state index contributed by atoms with van der Waals surface area (Å²) in [5, 5.41) is 0.892. The van der Waals surface area contributed by atoms with E-state index in [4.69, 9.17) is 20.9 Å². The fourth-order valence-electron chi connectivity index (χ4n) is 4.85. The van der Waals surface area contributed by atoms with Crippen LogP contribution < -0.4 is 5.46 Å². The summed E-state index contributed by atoms with van der Waals surface area (Å²) in [6, 6.07) is 4.40. The molecule has 1 aliphatic heterocycles. The van der Waals surface area contributed by atoms with Gasteiger partial charge >= 0.3 is 7.12 Å². The molecule has 2 aliphatic carbocycles. The van der Waals surface area contributed by atoms with Crippen LogP contribution in [0.2, 0.25) is 5.02 Å². The molecule has 0 aromatic heterocycles. The third-order valence-corrected chi connectivity index (χ3v) is 7.36. The molecule has 1 heterocycles. The van der Waals surface area contributed by atoms with Gasteiger partial charge in [0.2, 0.25) is 0 Å². The van der Waals surface area contributed by atoms with Crippen LogP contribution in [0, 0.1) is 18.8 Å². The van der Waals surface area contributed by atoms with Crippen molar-refractivity contribution in [3.05, 3.63) is 28.3 Å². The molecule has 4 rings (SSSR count). The largest absolute Gasteiger partial charge is 0.495 e. The van der Waals surface area contributed by atoms with Crippen LogP contribution in [0.1, 0.15) is 70.4 Å². The Kier molecular flexibility index (Phi) is 3.88. The maximum absolute atomic E-state index is 6.73. The van der Waals surface area contributed by atoms with E-state index in [0.717, 1.165) is 22.3 Å². The van der Waals surface area contributed by atoms with Crippen LogP contribution in [0.5, 0.6) is 0 Å². The molecular formula is C20H28BClO2. The van der Waals surface area contributed by atoms with Crippen LogP contribution in [0.15, 0.2) is 12.1 Å². The van der Waals surface area contributed by atoms with Crippen molar-refractivity contribution in [2.75, 3.05) is 0 Å². The van der Waals surface area contributed by atoms with Crippen LogP contribution in [0.25, 0.3) is 0 Å². The van der Waals surface area contributed by atoms with E-state index in [-0.39, 0.29) is 18.3 Å². The van der Waals surface area contributed by atoms with E-state index >= 15 is 0 Å². The second-order valence-corrected chi connectivity index (χ2v) is 9.51. The zero-order chi connectivity index (χ0) is 17.3. The Bertz CT molecular complexity index is 654. The Morgan fingerprint density at radius 3 is 2.25 bits per heavy atom. The maximum atomic E-state index is 6.73. The first-order chi connectivity index (χ1) is 11.2. The lowest BCUT2D eigenvalue weighted by atomic mass is 9.74. The lowest BCUT2D eigenvalue weighted by molar-refractivity contribution is 0.00578. The fraction of sp³-hybridized carbons (Fsp3) is 0.700. The Balaban J connectivity index is 1.64. The Morgan fingerprint density at radius 2 is 1.71 bits per heavy atom. The normalized spacial score (nSPS) is 33.4. The number of benzene rings is 1. The average Bonchev–Trinajstić information content (AvgIpc) is 3.15. The highest BCUT2D eigenvalue weighted by Crippen LogP contribution is 2.54. The number of halogens is 1. The summed E-state index contributed by atoms with van der Waals surface area (Å²) >= 11 is 6.73. The maximum Gasteiger partial charge on any atom is 0.495 e. The molecule has 24 heavy (non-hydrogen) atoms. The quantitative estimate of drug-likeness (QED) is 0.713.